The highest BCUT2D eigenvalue weighted by Crippen LogP contribution is 2.28. The fourth-order valence-corrected chi connectivity index (χ4v) is 3.41. The normalized spacial score (nSPS) is 25.1. The van der Waals surface area contributed by atoms with Crippen molar-refractivity contribution in [2.24, 2.45) is 0 Å². The minimum absolute atomic E-state index is 0.0950. The van der Waals surface area contributed by atoms with Gasteiger partial charge in [0.2, 0.25) is 0 Å². The van der Waals surface area contributed by atoms with Crippen LogP contribution in [0.25, 0.3) is 0 Å². The molecule has 1 atom stereocenters. The topological polar surface area (TPSA) is 32.8 Å². The lowest BCUT2D eigenvalue weighted by Gasteiger charge is -2.28. The van der Waals surface area contributed by atoms with Crippen molar-refractivity contribution in [3.63, 3.8) is 0 Å². The molecule has 1 amide bonds. The van der Waals surface area contributed by atoms with Gasteiger partial charge in [-0.05, 0) is 43.5 Å². The summed E-state index contributed by atoms with van der Waals surface area (Å²) in [4.78, 5) is 16.6. The molecular weight excluding hydrogens is 264 g/mol. The Morgan fingerprint density at radius 3 is 2.86 bits per heavy atom. The first-order valence-electron chi connectivity index (χ1n) is 7.67. The molecule has 1 saturated heterocycles. The summed E-state index contributed by atoms with van der Waals surface area (Å²) in [7, 11) is 4.00. The van der Waals surface area contributed by atoms with Gasteiger partial charge in [-0.15, -0.1) is 0 Å². The highest BCUT2D eigenvalue weighted by molar-refractivity contribution is 5.84. The van der Waals surface area contributed by atoms with Crippen molar-refractivity contribution < 1.29 is 9.53 Å². The van der Waals surface area contributed by atoms with Gasteiger partial charge < -0.3 is 9.64 Å². The zero-order valence-corrected chi connectivity index (χ0v) is 13.2. The van der Waals surface area contributed by atoms with E-state index in [9.17, 15) is 4.79 Å². The Labute approximate surface area is 126 Å². The first-order chi connectivity index (χ1) is 9.98. The fourth-order valence-electron chi connectivity index (χ4n) is 3.41. The minimum atomic E-state index is -0.619. The highest BCUT2D eigenvalue weighted by atomic mass is 16.5. The predicted octanol–water partition coefficient (Wildman–Crippen LogP) is 2.16. The van der Waals surface area contributed by atoms with Gasteiger partial charge in [-0.1, -0.05) is 18.2 Å². The van der Waals surface area contributed by atoms with Crippen LogP contribution in [-0.2, 0) is 29.2 Å². The van der Waals surface area contributed by atoms with Crippen LogP contribution in [0.3, 0.4) is 0 Å². The molecule has 0 N–H and O–H groups in total. The summed E-state index contributed by atoms with van der Waals surface area (Å²) in [6.07, 6.45) is 1.80. The molecule has 0 spiro atoms. The fraction of sp³-hybridized carbons (Fsp3) is 0.588. The van der Waals surface area contributed by atoms with E-state index in [2.05, 4.69) is 30.1 Å². The molecule has 114 valence electrons. The number of hydrogen-bond donors (Lipinski definition) is 0. The molecule has 2 aliphatic rings. The predicted molar refractivity (Wildman–Crippen MR) is 81.7 cm³/mol. The van der Waals surface area contributed by atoms with E-state index in [0.717, 1.165) is 25.9 Å². The van der Waals surface area contributed by atoms with E-state index in [-0.39, 0.29) is 5.91 Å². The third-order valence-corrected chi connectivity index (χ3v) is 4.59. The molecule has 0 bridgehead atoms. The summed E-state index contributed by atoms with van der Waals surface area (Å²) in [5.41, 5.74) is 3.37. The van der Waals surface area contributed by atoms with Crippen LogP contribution in [0.15, 0.2) is 18.2 Å². The maximum atomic E-state index is 12.5. The van der Waals surface area contributed by atoms with Crippen LogP contribution in [0.5, 0.6) is 0 Å². The van der Waals surface area contributed by atoms with Gasteiger partial charge >= 0.3 is 0 Å². The maximum absolute atomic E-state index is 12.5. The first-order valence-corrected chi connectivity index (χ1v) is 7.67. The van der Waals surface area contributed by atoms with Gasteiger partial charge in [0.05, 0.1) is 0 Å². The summed E-state index contributed by atoms with van der Waals surface area (Å²) >= 11 is 0. The number of hydrogen-bond acceptors (Lipinski definition) is 3. The van der Waals surface area contributed by atoms with Gasteiger partial charge in [-0.3, -0.25) is 9.69 Å². The second kappa shape index (κ2) is 5.43. The Hall–Kier alpha value is -1.39. The van der Waals surface area contributed by atoms with Gasteiger partial charge in [0, 0.05) is 33.3 Å². The van der Waals surface area contributed by atoms with Gasteiger partial charge in [0.25, 0.3) is 5.91 Å². The Morgan fingerprint density at radius 2 is 2.14 bits per heavy atom. The van der Waals surface area contributed by atoms with Crippen molar-refractivity contribution in [3.8, 4) is 0 Å². The number of nitrogens with zero attached hydrogens (tertiary/aromatic N) is 2. The van der Waals surface area contributed by atoms with Gasteiger partial charge in [0.15, 0.2) is 0 Å². The molecule has 1 fully saturated rings. The number of likely N-dealkylation sites (N-methyl/N-ethyl adjacent to an activating group) is 1. The molecule has 0 unspecified atom stereocenters. The van der Waals surface area contributed by atoms with Crippen LogP contribution in [0.1, 0.15) is 36.5 Å². The molecule has 1 aromatic rings. The molecule has 0 aromatic heterocycles. The number of rotatable bonds is 3. The van der Waals surface area contributed by atoms with E-state index < -0.39 is 5.60 Å². The first kappa shape index (κ1) is 14.5. The number of ether oxygens (including phenoxy) is 1. The summed E-state index contributed by atoms with van der Waals surface area (Å²) < 4.78 is 5.65. The molecule has 1 aromatic carbocycles. The summed E-state index contributed by atoms with van der Waals surface area (Å²) in [5, 5.41) is 0. The molecule has 0 radical (unpaired) electrons. The van der Waals surface area contributed by atoms with Crippen LogP contribution in [-0.4, -0.2) is 42.0 Å². The van der Waals surface area contributed by atoms with E-state index >= 15 is 0 Å². The van der Waals surface area contributed by atoms with E-state index in [0.29, 0.717) is 13.2 Å². The smallest absolute Gasteiger partial charge is 0.254 e. The lowest BCUT2D eigenvalue weighted by Crippen LogP contribution is -2.44. The Balaban J connectivity index is 1.69. The van der Waals surface area contributed by atoms with Crippen LogP contribution < -0.4 is 0 Å². The van der Waals surface area contributed by atoms with Crippen LogP contribution in [0.4, 0.5) is 0 Å². The largest absolute Gasteiger partial charge is 0.365 e. The van der Waals surface area contributed by atoms with Crippen molar-refractivity contribution in [3.05, 3.63) is 34.9 Å². The molecule has 0 saturated carbocycles. The number of carbonyl (C=O) groups excluding carboxylic acids is 1. The Morgan fingerprint density at radius 1 is 1.38 bits per heavy atom. The molecule has 3 rings (SSSR count). The third-order valence-electron chi connectivity index (χ3n) is 4.59. The van der Waals surface area contributed by atoms with Crippen molar-refractivity contribution in [1.29, 1.82) is 0 Å². The Kier molecular flexibility index (Phi) is 3.76. The molecule has 21 heavy (non-hydrogen) atoms. The maximum Gasteiger partial charge on any atom is 0.254 e. The van der Waals surface area contributed by atoms with E-state index in [1.165, 1.54) is 16.7 Å². The second-order valence-corrected chi connectivity index (χ2v) is 6.62. The summed E-state index contributed by atoms with van der Waals surface area (Å²) in [5.74, 6) is 0.0950. The number of fused-ring (bicyclic) bond motifs is 1. The summed E-state index contributed by atoms with van der Waals surface area (Å²) in [6.45, 7) is 5.28. The number of carbonyl (C=O) groups is 1. The quantitative estimate of drug-likeness (QED) is 0.854. The van der Waals surface area contributed by atoms with Crippen molar-refractivity contribution in [1.82, 2.24) is 9.80 Å². The third kappa shape index (κ3) is 2.83. The lowest BCUT2D eigenvalue weighted by molar-refractivity contribution is -0.150. The molecule has 2 heterocycles. The van der Waals surface area contributed by atoms with Crippen molar-refractivity contribution in [2.75, 3.05) is 20.7 Å². The van der Waals surface area contributed by atoms with Gasteiger partial charge in [-0.2, -0.15) is 0 Å². The molecular formula is C17H24N2O2. The molecule has 2 aliphatic heterocycles. The summed E-state index contributed by atoms with van der Waals surface area (Å²) in [6, 6.07) is 6.57. The van der Waals surface area contributed by atoms with E-state index in [1.807, 2.05) is 14.0 Å². The SMILES string of the molecule is CN1Cc2ccc(CN(C)C(=O)[C@]3(C)CCCO3)cc2C1. The highest BCUT2D eigenvalue weighted by Gasteiger charge is 2.39. The van der Waals surface area contributed by atoms with Gasteiger partial charge in [0.1, 0.15) is 5.60 Å². The zero-order valence-electron chi connectivity index (χ0n) is 13.2. The molecule has 4 heteroatoms. The van der Waals surface area contributed by atoms with Crippen molar-refractivity contribution in [2.45, 2.75) is 45.0 Å². The lowest BCUT2D eigenvalue weighted by atomic mass is 10.0. The number of benzene rings is 1. The second-order valence-electron chi connectivity index (χ2n) is 6.62. The standard InChI is InChI=1S/C17H24N2O2/c1-17(7-4-8-21-17)16(20)19(3)10-13-5-6-14-11-18(2)12-15(14)9-13/h5-6,9H,4,7-8,10-12H2,1-3H3/t17-/m0/s1. The van der Waals surface area contributed by atoms with E-state index in [1.54, 1.807) is 4.90 Å². The minimum Gasteiger partial charge on any atom is -0.365 e. The Bertz CT molecular complexity index is 550. The van der Waals surface area contributed by atoms with Crippen LogP contribution >= 0.6 is 0 Å². The van der Waals surface area contributed by atoms with Crippen LogP contribution in [0.2, 0.25) is 0 Å². The molecule has 4 nitrogen and oxygen atoms in total. The zero-order chi connectivity index (χ0) is 15.0. The van der Waals surface area contributed by atoms with Crippen molar-refractivity contribution >= 4 is 5.91 Å². The monoisotopic (exact) mass is 288 g/mol. The average Bonchev–Trinajstić information content (AvgIpc) is 3.03. The number of amides is 1. The van der Waals surface area contributed by atoms with Crippen LogP contribution in [0, 0.1) is 0 Å². The average molecular weight is 288 g/mol. The van der Waals surface area contributed by atoms with Gasteiger partial charge in [-0.25, -0.2) is 0 Å². The molecule has 0 aliphatic carbocycles. The van der Waals surface area contributed by atoms with E-state index in [4.69, 9.17) is 4.74 Å².